The highest BCUT2D eigenvalue weighted by atomic mass is 16.3. The van der Waals surface area contributed by atoms with Gasteiger partial charge in [0.2, 0.25) is 0 Å². The Bertz CT molecular complexity index is 182. The molecule has 0 rings (SSSR count). The van der Waals surface area contributed by atoms with Gasteiger partial charge < -0.3 is 10.0 Å². The van der Waals surface area contributed by atoms with Gasteiger partial charge in [-0.15, -0.1) is 0 Å². The molecule has 0 aliphatic heterocycles. The van der Waals surface area contributed by atoms with Crippen LogP contribution in [0.5, 0.6) is 0 Å². The largest absolute Gasteiger partial charge is 0.396 e. The Balaban J connectivity index is 3.32. The van der Waals surface area contributed by atoms with Crippen LogP contribution < -0.4 is 0 Å². The lowest BCUT2D eigenvalue weighted by Gasteiger charge is -2.26. The maximum absolute atomic E-state index is 8.92. The highest BCUT2D eigenvalue weighted by molar-refractivity contribution is 4.62. The summed E-state index contributed by atoms with van der Waals surface area (Å²) < 4.78 is 0. The van der Waals surface area contributed by atoms with Crippen molar-refractivity contribution in [1.29, 1.82) is 0 Å². The van der Waals surface area contributed by atoms with Gasteiger partial charge in [0.15, 0.2) is 0 Å². The first kappa shape index (κ1) is 19.9. The minimum Gasteiger partial charge on any atom is -0.396 e. The summed E-state index contributed by atoms with van der Waals surface area (Å²) in [4.78, 5) is 2.50. The van der Waals surface area contributed by atoms with Crippen LogP contribution in [0, 0.1) is 0 Å². The van der Waals surface area contributed by atoms with Gasteiger partial charge in [-0.25, -0.2) is 0 Å². The maximum atomic E-state index is 8.92. The Morgan fingerprint density at radius 3 is 1.60 bits per heavy atom. The Kier molecular flexibility index (Phi) is 15.3. The van der Waals surface area contributed by atoms with Crippen molar-refractivity contribution in [1.82, 2.24) is 4.90 Å². The van der Waals surface area contributed by atoms with Gasteiger partial charge in [-0.1, -0.05) is 64.7 Å². The molecular weight excluding hydrogens is 246 g/mol. The molecule has 2 nitrogen and oxygen atoms in total. The second-order valence-electron chi connectivity index (χ2n) is 6.39. The topological polar surface area (TPSA) is 23.5 Å². The van der Waals surface area contributed by atoms with Crippen molar-refractivity contribution in [2.24, 2.45) is 0 Å². The first-order chi connectivity index (χ1) is 9.72. The highest BCUT2D eigenvalue weighted by Gasteiger charge is 2.07. The van der Waals surface area contributed by atoms with E-state index < -0.39 is 0 Å². The van der Waals surface area contributed by atoms with Crippen LogP contribution >= 0.6 is 0 Å². The van der Waals surface area contributed by atoms with E-state index in [4.69, 9.17) is 5.11 Å². The van der Waals surface area contributed by atoms with Crippen LogP contribution in [0.1, 0.15) is 91.4 Å². The molecule has 0 unspecified atom stereocenters. The number of rotatable bonds is 15. The predicted octanol–water partition coefficient (Wildman–Crippen LogP) is 5.00. The molecule has 0 radical (unpaired) electrons. The Labute approximate surface area is 127 Å². The van der Waals surface area contributed by atoms with Gasteiger partial charge in [0.05, 0.1) is 0 Å². The lowest BCUT2D eigenvalue weighted by atomic mass is 10.1. The molecule has 2 heteroatoms. The number of aliphatic hydroxyl groups excluding tert-OH is 1. The summed E-state index contributed by atoms with van der Waals surface area (Å²) in [5, 5.41) is 8.92. The van der Waals surface area contributed by atoms with Gasteiger partial charge >= 0.3 is 0 Å². The molecule has 0 saturated carbocycles. The number of unbranched alkanes of at least 4 members (excludes halogenated alkanes) is 9. The zero-order valence-corrected chi connectivity index (χ0v) is 14.4. The summed E-state index contributed by atoms with van der Waals surface area (Å²) in [6, 6.07) is 0.611. The third-order valence-electron chi connectivity index (χ3n) is 4.13. The third kappa shape index (κ3) is 12.9. The van der Waals surface area contributed by atoms with Crippen molar-refractivity contribution in [3.63, 3.8) is 0 Å². The number of hydrogen-bond acceptors (Lipinski definition) is 2. The van der Waals surface area contributed by atoms with E-state index >= 15 is 0 Å². The zero-order chi connectivity index (χ0) is 15.1. The normalized spacial score (nSPS) is 11.7. The first-order valence-electron chi connectivity index (χ1n) is 9.07. The molecule has 0 spiro atoms. The molecule has 0 aromatic heterocycles. The predicted molar refractivity (Wildman–Crippen MR) is 90.3 cm³/mol. The van der Waals surface area contributed by atoms with Crippen LogP contribution in [0.3, 0.4) is 0 Å². The van der Waals surface area contributed by atoms with Crippen molar-refractivity contribution in [2.45, 2.75) is 97.4 Å². The van der Waals surface area contributed by atoms with E-state index in [1.807, 2.05) is 0 Å². The van der Waals surface area contributed by atoms with Gasteiger partial charge in [-0.2, -0.15) is 0 Å². The molecule has 0 saturated heterocycles. The number of hydrogen-bond donors (Lipinski definition) is 1. The van der Waals surface area contributed by atoms with Crippen LogP contribution in [0.25, 0.3) is 0 Å². The maximum Gasteiger partial charge on any atom is 0.0443 e. The Morgan fingerprint density at radius 1 is 0.700 bits per heavy atom. The van der Waals surface area contributed by atoms with E-state index in [2.05, 4.69) is 25.7 Å². The molecule has 0 aromatic rings. The fourth-order valence-electron chi connectivity index (χ4n) is 2.70. The van der Waals surface area contributed by atoms with Crippen LogP contribution in [-0.2, 0) is 0 Å². The molecule has 0 amide bonds. The molecule has 122 valence electrons. The Hall–Kier alpha value is -0.0800. The molecule has 1 N–H and O–H groups in total. The van der Waals surface area contributed by atoms with Gasteiger partial charge in [0, 0.05) is 19.2 Å². The fourth-order valence-corrected chi connectivity index (χ4v) is 2.70. The van der Waals surface area contributed by atoms with Crippen molar-refractivity contribution in [2.75, 3.05) is 19.7 Å². The van der Waals surface area contributed by atoms with E-state index in [1.165, 1.54) is 70.8 Å². The van der Waals surface area contributed by atoms with Crippen LogP contribution in [-0.4, -0.2) is 35.7 Å². The van der Waals surface area contributed by atoms with E-state index in [9.17, 15) is 0 Å². The van der Waals surface area contributed by atoms with Crippen LogP contribution in [0.15, 0.2) is 0 Å². The molecule has 0 aliphatic carbocycles. The molecule has 0 fully saturated rings. The second-order valence-corrected chi connectivity index (χ2v) is 6.39. The molecule has 20 heavy (non-hydrogen) atoms. The SMILES string of the molecule is CCCCCCCCCCCCN(CCCO)C(C)C. The quantitative estimate of drug-likeness (QED) is 0.428. The number of aliphatic hydroxyl groups is 1. The van der Waals surface area contributed by atoms with Crippen molar-refractivity contribution >= 4 is 0 Å². The van der Waals surface area contributed by atoms with Crippen molar-refractivity contribution in [3.05, 3.63) is 0 Å². The molecule has 0 aromatic carbocycles. The van der Waals surface area contributed by atoms with Gasteiger partial charge in [0.1, 0.15) is 0 Å². The van der Waals surface area contributed by atoms with E-state index in [0.29, 0.717) is 12.6 Å². The van der Waals surface area contributed by atoms with E-state index in [1.54, 1.807) is 0 Å². The average Bonchev–Trinajstić information content (AvgIpc) is 2.43. The summed E-state index contributed by atoms with van der Waals surface area (Å²) in [5.74, 6) is 0. The van der Waals surface area contributed by atoms with Gasteiger partial charge in [-0.05, 0) is 33.2 Å². The highest BCUT2D eigenvalue weighted by Crippen LogP contribution is 2.11. The van der Waals surface area contributed by atoms with Gasteiger partial charge in [-0.3, -0.25) is 0 Å². The lowest BCUT2D eigenvalue weighted by molar-refractivity contribution is 0.188. The summed E-state index contributed by atoms with van der Waals surface area (Å²) in [6.07, 6.45) is 14.9. The molecule has 0 aliphatic rings. The molecular formula is C18H39NO. The summed E-state index contributed by atoms with van der Waals surface area (Å²) in [7, 11) is 0. The smallest absolute Gasteiger partial charge is 0.0443 e. The molecule has 0 atom stereocenters. The van der Waals surface area contributed by atoms with Crippen molar-refractivity contribution < 1.29 is 5.11 Å². The standard InChI is InChI=1S/C18H39NO/c1-4-5-6-7-8-9-10-11-12-13-15-19(18(2)3)16-14-17-20/h18,20H,4-17H2,1-3H3. The van der Waals surface area contributed by atoms with E-state index in [0.717, 1.165) is 13.0 Å². The zero-order valence-electron chi connectivity index (χ0n) is 14.4. The fraction of sp³-hybridized carbons (Fsp3) is 1.00. The van der Waals surface area contributed by atoms with Gasteiger partial charge in [0.25, 0.3) is 0 Å². The lowest BCUT2D eigenvalue weighted by Crippen LogP contribution is -2.33. The molecule has 0 heterocycles. The van der Waals surface area contributed by atoms with Crippen LogP contribution in [0.4, 0.5) is 0 Å². The number of nitrogens with zero attached hydrogens (tertiary/aromatic N) is 1. The Morgan fingerprint density at radius 2 is 1.15 bits per heavy atom. The summed E-state index contributed by atoms with van der Waals surface area (Å²) >= 11 is 0. The first-order valence-corrected chi connectivity index (χ1v) is 9.07. The monoisotopic (exact) mass is 285 g/mol. The minimum absolute atomic E-state index is 0.321. The second kappa shape index (κ2) is 15.3. The van der Waals surface area contributed by atoms with E-state index in [-0.39, 0.29) is 0 Å². The third-order valence-corrected chi connectivity index (χ3v) is 4.13. The summed E-state index contributed by atoms with van der Waals surface area (Å²) in [6.45, 7) is 9.36. The van der Waals surface area contributed by atoms with Crippen molar-refractivity contribution in [3.8, 4) is 0 Å². The van der Waals surface area contributed by atoms with Crippen LogP contribution in [0.2, 0.25) is 0 Å². The molecule has 0 bridgehead atoms. The summed E-state index contributed by atoms with van der Waals surface area (Å²) in [5.41, 5.74) is 0. The minimum atomic E-state index is 0.321. The average molecular weight is 286 g/mol.